The lowest BCUT2D eigenvalue weighted by molar-refractivity contribution is -0.125. The fourth-order valence-electron chi connectivity index (χ4n) is 3.89. The number of amidine groups is 1. The molecule has 2 aliphatic rings. The summed E-state index contributed by atoms with van der Waals surface area (Å²) in [5.41, 5.74) is 4.23. The first-order valence-electron chi connectivity index (χ1n) is 10.6. The summed E-state index contributed by atoms with van der Waals surface area (Å²) in [4.78, 5) is 27.4. The predicted octanol–water partition coefficient (Wildman–Crippen LogP) is 4.66. The molecule has 2 aromatic carbocycles. The highest BCUT2D eigenvalue weighted by molar-refractivity contribution is 8.15. The summed E-state index contributed by atoms with van der Waals surface area (Å²) in [6.45, 7) is 4.07. The van der Waals surface area contributed by atoms with Gasteiger partial charge in [0.15, 0.2) is 11.0 Å². The van der Waals surface area contributed by atoms with Gasteiger partial charge in [0.1, 0.15) is 0 Å². The van der Waals surface area contributed by atoms with Crippen molar-refractivity contribution in [2.24, 2.45) is 10.2 Å². The van der Waals surface area contributed by atoms with Crippen molar-refractivity contribution in [1.82, 2.24) is 4.90 Å². The number of nitrogens with zero attached hydrogens (tertiary/aromatic N) is 3. The summed E-state index contributed by atoms with van der Waals surface area (Å²) < 4.78 is 0. The van der Waals surface area contributed by atoms with Crippen LogP contribution in [-0.2, 0) is 17.6 Å². The Morgan fingerprint density at radius 1 is 1.13 bits per heavy atom. The lowest BCUT2D eigenvalue weighted by Crippen LogP contribution is -2.32. The van der Waals surface area contributed by atoms with Crippen molar-refractivity contribution >= 4 is 34.8 Å². The van der Waals surface area contributed by atoms with Crippen molar-refractivity contribution in [3.8, 4) is 0 Å². The fraction of sp³-hybridized carbons (Fsp3) is 0.280. The fourth-order valence-corrected chi connectivity index (χ4v) is 4.99. The number of Topliss-reactive ketones (excluding diaryl/α,β-unsaturated/α-hetero) is 1. The predicted molar refractivity (Wildman–Crippen MR) is 127 cm³/mol. The number of thioether (sulfide) groups is 1. The van der Waals surface area contributed by atoms with Gasteiger partial charge in [-0.25, -0.2) is 0 Å². The Morgan fingerprint density at radius 3 is 2.68 bits per heavy atom. The monoisotopic (exact) mass is 431 g/mol. The Kier molecular flexibility index (Phi) is 6.77. The zero-order valence-electron chi connectivity index (χ0n) is 17.4. The van der Waals surface area contributed by atoms with Gasteiger partial charge in [-0.3, -0.25) is 14.5 Å². The number of benzene rings is 2. The Bertz CT molecular complexity index is 1050. The van der Waals surface area contributed by atoms with Crippen molar-refractivity contribution in [3.63, 3.8) is 0 Å². The average molecular weight is 432 g/mol. The number of carbonyl (C=O) groups is 2. The third-order valence-electron chi connectivity index (χ3n) is 5.52. The largest absolute Gasteiger partial charge is 0.294 e. The van der Waals surface area contributed by atoms with Crippen LogP contribution < -0.4 is 0 Å². The number of rotatable bonds is 7. The second-order valence-electron chi connectivity index (χ2n) is 7.70. The van der Waals surface area contributed by atoms with Crippen LogP contribution in [0.3, 0.4) is 0 Å². The smallest absolute Gasteiger partial charge is 0.242 e. The second kappa shape index (κ2) is 9.88. The molecule has 4 rings (SSSR count). The van der Waals surface area contributed by atoms with Crippen LogP contribution >= 0.6 is 11.8 Å². The van der Waals surface area contributed by atoms with Gasteiger partial charge in [-0.15, -0.1) is 11.7 Å². The van der Waals surface area contributed by atoms with Crippen LogP contribution in [0.1, 0.15) is 46.3 Å². The van der Waals surface area contributed by atoms with Gasteiger partial charge in [-0.05, 0) is 48.4 Å². The Labute approximate surface area is 186 Å². The van der Waals surface area contributed by atoms with E-state index in [0.29, 0.717) is 17.3 Å². The topological polar surface area (TPSA) is 62.1 Å². The van der Waals surface area contributed by atoms with Gasteiger partial charge in [-0.1, -0.05) is 60.3 Å². The molecule has 0 radical (unpaired) electrons. The molecule has 0 bridgehead atoms. The highest BCUT2D eigenvalue weighted by Crippen LogP contribution is 2.31. The summed E-state index contributed by atoms with van der Waals surface area (Å²) in [6, 6.07) is 15.6. The van der Waals surface area contributed by atoms with E-state index >= 15 is 0 Å². The molecule has 0 aromatic heterocycles. The van der Waals surface area contributed by atoms with E-state index < -0.39 is 5.25 Å². The zero-order valence-corrected chi connectivity index (χ0v) is 18.2. The maximum absolute atomic E-state index is 12.9. The minimum absolute atomic E-state index is 0.00758. The van der Waals surface area contributed by atoms with E-state index in [1.165, 1.54) is 35.7 Å². The molecule has 1 fully saturated rings. The van der Waals surface area contributed by atoms with E-state index in [1.807, 2.05) is 42.5 Å². The van der Waals surface area contributed by atoms with Crippen LogP contribution in [-0.4, -0.2) is 39.8 Å². The highest BCUT2D eigenvalue weighted by atomic mass is 32.2. The van der Waals surface area contributed by atoms with Crippen LogP contribution in [0.4, 0.5) is 0 Å². The summed E-state index contributed by atoms with van der Waals surface area (Å²) in [5, 5.41) is 8.40. The summed E-state index contributed by atoms with van der Waals surface area (Å²) >= 11 is 1.30. The number of ketones is 1. The van der Waals surface area contributed by atoms with Crippen molar-refractivity contribution in [1.29, 1.82) is 0 Å². The van der Waals surface area contributed by atoms with Crippen LogP contribution in [0.25, 0.3) is 0 Å². The Morgan fingerprint density at radius 2 is 1.90 bits per heavy atom. The molecule has 1 saturated heterocycles. The molecule has 5 nitrogen and oxygen atoms in total. The van der Waals surface area contributed by atoms with Gasteiger partial charge in [0.25, 0.3) is 0 Å². The van der Waals surface area contributed by atoms with Gasteiger partial charge < -0.3 is 0 Å². The number of aryl methyl sites for hydroxylation is 2. The molecule has 1 aliphatic carbocycles. The zero-order chi connectivity index (χ0) is 21.6. The van der Waals surface area contributed by atoms with Crippen molar-refractivity contribution in [2.45, 2.75) is 37.4 Å². The Hall–Kier alpha value is -2.99. The molecule has 0 unspecified atom stereocenters. The standard InChI is InChI=1S/C25H25N3O2S/c1-2-14-28-24(30)23(31-25(28)27-26-17-18-8-4-3-5-9-18)16-22(29)21-13-12-19-10-6-7-11-20(19)15-21/h2-5,8-9,12-13,15,17,23H,1,6-7,10-11,14,16H2/b26-17-,27-25-/t23-/m1/s1. The van der Waals surface area contributed by atoms with Gasteiger partial charge in [0, 0.05) is 18.5 Å². The molecular formula is C25H25N3O2S. The first-order valence-corrected chi connectivity index (χ1v) is 11.4. The third kappa shape index (κ3) is 5.02. The summed E-state index contributed by atoms with van der Waals surface area (Å²) in [7, 11) is 0. The van der Waals surface area contributed by atoms with Crippen LogP contribution in [0.2, 0.25) is 0 Å². The average Bonchev–Trinajstić information content (AvgIpc) is 3.09. The minimum Gasteiger partial charge on any atom is -0.294 e. The summed E-state index contributed by atoms with van der Waals surface area (Å²) in [6.07, 6.45) is 7.94. The maximum atomic E-state index is 12.9. The van der Waals surface area contributed by atoms with Crippen molar-refractivity contribution in [3.05, 3.63) is 83.4 Å². The molecular weight excluding hydrogens is 406 g/mol. The first-order chi connectivity index (χ1) is 15.2. The molecule has 158 valence electrons. The summed E-state index contributed by atoms with van der Waals surface area (Å²) in [5.74, 6) is -0.128. The lowest BCUT2D eigenvalue weighted by atomic mass is 9.89. The van der Waals surface area contributed by atoms with E-state index in [4.69, 9.17) is 0 Å². The first kappa shape index (κ1) is 21.2. The quantitative estimate of drug-likeness (QED) is 0.277. The van der Waals surface area contributed by atoms with Gasteiger partial charge >= 0.3 is 0 Å². The number of fused-ring (bicyclic) bond motifs is 1. The minimum atomic E-state index is -0.492. The Balaban J connectivity index is 1.47. The molecule has 0 spiro atoms. The van der Waals surface area contributed by atoms with Gasteiger partial charge in [0.2, 0.25) is 5.91 Å². The molecule has 1 amide bonds. The van der Waals surface area contributed by atoms with Gasteiger partial charge in [0.05, 0.1) is 11.5 Å². The SMILES string of the molecule is C=CCN1C(=O)[C@@H](CC(=O)c2ccc3c(c2)CCCC3)S/C1=N\N=C/c1ccccc1. The van der Waals surface area contributed by atoms with Crippen molar-refractivity contribution < 1.29 is 9.59 Å². The van der Waals surface area contributed by atoms with Crippen LogP contribution in [0, 0.1) is 0 Å². The molecule has 0 saturated carbocycles. The molecule has 0 N–H and O–H groups in total. The van der Waals surface area contributed by atoms with E-state index in [1.54, 1.807) is 17.2 Å². The van der Waals surface area contributed by atoms with E-state index in [2.05, 4.69) is 22.8 Å². The van der Waals surface area contributed by atoms with E-state index in [-0.39, 0.29) is 18.1 Å². The van der Waals surface area contributed by atoms with Crippen molar-refractivity contribution in [2.75, 3.05) is 6.54 Å². The lowest BCUT2D eigenvalue weighted by Gasteiger charge is -2.16. The molecule has 31 heavy (non-hydrogen) atoms. The van der Waals surface area contributed by atoms with Crippen LogP contribution in [0.15, 0.2) is 71.4 Å². The number of amides is 1. The van der Waals surface area contributed by atoms with E-state index in [9.17, 15) is 9.59 Å². The molecule has 1 aliphatic heterocycles. The number of hydrogen-bond donors (Lipinski definition) is 0. The molecule has 1 heterocycles. The number of hydrogen-bond acceptors (Lipinski definition) is 5. The molecule has 6 heteroatoms. The second-order valence-corrected chi connectivity index (χ2v) is 8.87. The third-order valence-corrected chi connectivity index (χ3v) is 6.69. The normalized spacial score (nSPS) is 19.7. The maximum Gasteiger partial charge on any atom is 0.242 e. The molecule has 2 aromatic rings. The number of carbonyl (C=O) groups excluding carboxylic acids is 2. The highest BCUT2D eigenvalue weighted by Gasteiger charge is 2.38. The molecule has 1 atom stereocenters. The van der Waals surface area contributed by atoms with Gasteiger partial charge in [-0.2, -0.15) is 5.10 Å². The van der Waals surface area contributed by atoms with E-state index in [0.717, 1.165) is 18.4 Å². The van der Waals surface area contributed by atoms with Crippen LogP contribution in [0.5, 0.6) is 0 Å².